The molecule has 0 aliphatic heterocycles. The van der Waals surface area contributed by atoms with Gasteiger partial charge in [0.1, 0.15) is 0 Å². The Balaban J connectivity index is 1.84. The van der Waals surface area contributed by atoms with Crippen LogP contribution in [0.5, 0.6) is 0 Å². The average Bonchev–Trinajstić information content (AvgIpc) is 2.66. The van der Waals surface area contributed by atoms with Crippen molar-refractivity contribution in [3.8, 4) is 23.0 Å². The molecule has 2 nitrogen and oxygen atoms in total. The van der Waals surface area contributed by atoms with Gasteiger partial charge in [-0.15, -0.1) is 0 Å². The maximum absolute atomic E-state index is 10.9. The number of aromatic carboxylic acids is 1. The van der Waals surface area contributed by atoms with E-state index in [-0.39, 0.29) is 5.56 Å². The van der Waals surface area contributed by atoms with Crippen molar-refractivity contribution in [3.63, 3.8) is 0 Å². The van der Waals surface area contributed by atoms with Crippen LogP contribution in [0.3, 0.4) is 0 Å². The van der Waals surface area contributed by atoms with Crippen LogP contribution < -0.4 is 0 Å². The third-order valence-corrected chi connectivity index (χ3v) is 4.26. The number of hydrogen-bond donors (Lipinski definition) is 1. The van der Waals surface area contributed by atoms with E-state index >= 15 is 0 Å². The van der Waals surface area contributed by atoms with Crippen molar-refractivity contribution in [1.29, 1.82) is 0 Å². The summed E-state index contributed by atoms with van der Waals surface area (Å²) in [5, 5.41) is 8.93. The topological polar surface area (TPSA) is 37.3 Å². The Morgan fingerprint density at radius 3 is 2.22 bits per heavy atom. The van der Waals surface area contributed by atoms with Crippen LogP contribution in [0, 0.1) is 25.7 Å². The molecule has 1 N–H and O–H groups in total. The first kappa shape index (κ1) is 18.2. The van der Waals surface area contributed by atoms with Crippen molar-refractivity contribution in [1.82, 2.24) is 0 Å². The maximum atomic E-state index is 10.9. The summed E-state index contributed by atoms with van der Waals surface area (Å²) in [5.41, 5.74) is 6.95. The zero-order valence-corrected chi connectivity index (χ0v) is 15.4. The van der Waals surface area contributed by atoms with Crippen LogP contribution in [0.25, 0.3) is 17.2 Å². The summed E-state index contributed by atoms with van der Waals surface area (Å²) in [7, 11) is 0. The zero-order valence-electron chi connectivity index (χ0n) is 15.4. The Bertz CT molecular complexity index is 1040. The molecule has 0 spiro atoms. The molecule has 0 saturated heterocycles. The molecule has 0 aliphatic carbocycles. The molecule has 3 aromatic carbocycles. The first-order valence-electron chi connectivity index (χ1n) is 8.72. The van der Waals surface area contributed by atoms with Gasteiger partial charge in [-0.2, -0.15) is 0 Å². The van der Waals surface area contributed by atoms with Crippen LogP contribution in [-0.4, -0.2) is 11.1 Å². The van der Waals surface area contributed by atoms with Gasteiger partial charge in [-0.05, 0) is 67.0 Å². The van der Waals surface area contributed by atoms with Gasteiger partial charge in [-0.25, -0.2) is 4.79 Å². The lowest BCUT2D eigenvalue weighted by molar-refractivity contribution is 0.0697. The van der Waals surface area contributed by atoms with Gasteiger partial charge in [0.25, 0.3) is 0 Å². The van der Waals surface area contributed by atoms with Gasteiger partial charge >= 0.3 is 5.97 Å². The lowest BCUT2D eigenvalue weighted by Gasteiger charge is -2.08. The van der Waals surface area contributed by atoms with Crippen LogP contribution in [0.1, 0.15) is 32.6 Å². The molecule has 0 fully saturated rings. The molecule has 0 aromatic heterocycles. The van der Waals surface area contributed by atoms with Gasteiger partial charge < -0.3 is 5.11 Å². The molecule has 3 rings (SSSR count). The summed E-state index contributed by atoms with van der Waals surface area (Å²) in [6.45, 7) is 4.16. The summed E-state index contributed by atoms with van der Waals surface area (Å²) in [6.07, 6.45) is 3.85. The minimum Gasteiger partial charge on any atom is -0.478 e. The number of carbonyl (C=O) groups is 1. The van der Waals surface area contributed by atoms with E-state index in [1.165, 1.54) is 22.3 Å². The summed E-state index contributed by atoms with van der Waals surface area (Å²) in [4.78, 5) is 10.9. The van der Waals surface area contributed by atoms with Crippen molar-refractivity contribution in [2.75, 3.05) is 0 Å². The predicted octanol–water partition coefficient (Wildman–Crippen LogP) is 5.73. The predicted molar refractivity (Wildman–Crippen MR) is 111 cm³/mol. The van der Waals surface area contributed by atoms with Crippen LogP contribution in [0.2, 0.25) is 0 Å². The van der Waals surface area contributed by atoms with Gasteiger partial charge in [-0.1, -0.05) is 65.4 Å². The standard InChI is InChI=1S/C25H20O2/c1-18-7-12-21(13-8-18)24-16-9-19(2)17-23(24)6-4-3-5-20-10-14-22(15-11-20)25(26)27/h4,6-17H,1-2H3,(H,26,27). The van der Waals surface area contributed by atoms with Crippen molar-refractivity contribution >= 4 is 12.0 Å². The molecule has 0 atom stereocenters. The van der Waals surface area contributed by atoms with E-state index in [0.717, 1.165) is 11.1 Å². The zero-order chi connectivity index (χ0) is 19.2. The monoisotopic (exact) mass is 352 g/mol. The molecule has 2 heteroatoms. The van der Waals surface area contributed by atoms with Gasteiger partial charge in [0, 0.05) is 5.56 Å². The first-order chi connectivity index (χ1) is 13.0. The van der Waals surface area contributed by atoms with E-state index in [0.29, 0.717) is 0 Å². The number of carboxylic acid groups (broad SMARTS) is 1. The highest BCUT2D eigenvalue weighted by Crippen LogP contribution is 2.26. The van der Waals surface area contributed by atoms with Crippen molar-refractivity contribution < 1.29 is 9.90 Å². The molecule has 3 aromatic rings. The van der Waals surface area contributed by atoms with Gasteiger partial charge in [0.2, 0.25) is 0 Å². The fraction of sp³-hybridized carbons (Fsp3) is 0.0800. The number of carboxylic acids is 1. The molecular formula is C25H20O2. The lowest BCUT2D eigenvalue weighted by atomic mass is 9.97. The van der Waals surface area contributed by atoms with Crippen molar-refractivity contribution in [2.45, 2.75) is 13.8 Å². The fourth-order valence-corrected chi connectivity index (χ4v) is 2.77. The highest BCUT2D eigenvalue weighted by Gasteiger charge is 2.03. The quantitative estimate of drug-likeness (QED) is 0.611. The molecular weight excluding hydrogens is 332 g/mol. The number of rotatable bonds is 3. The number of allylic oxidation sites excluding steroid dienone is 1. The summed E-state index contributed by atoms with van der Waals surface area (Å²) in [6, 6.07) is 21.4. The van der Waals surface area contributed by atoms with E-state index in [9.17, 15) is 4.79 Å². The summed E-state index contributed by atoms with van der Waals surface area (Å²) >= 11 is 0. The SMILES string of the molecule is Cc1ccc(-c2ccc(C)cc2C=CC#Cc2ccc(C(=O)O)cc2)cc1. The van der Waals surface area contributed by atoms with Gasteiger partial charge in [0.15, 0.2) is 0 Å². The van der Waals surface area contributed by atoms with E-state index in [1.807, 2.05) is 12.2 Å². The second-order valence-corrected chi connectivity index (χ2v) is 6.44. The molecule has 0 amide bonds. The molecule has 0 saturated carbocycles. The van der Waals surface area contributed by atoms with Gasteiger partial charge in [0.05, 0.1) is 5.56 Å². The van der Waals surface area contributed by atoms with Crippen LogP contribution in [0.15, 0.2) is 72.8 Å². The second-order valence-electron chi connectivity index (χ2n) is 6.44. The van der Waals surface area contributed by atoms with E-state index < -0.39 is 5.97 Å². The third kappa shape index (κ3) is 4.74. The molecule has 0 radical (unpaired) electrons. The summed E-state index contributed by atoms with van der Waals surface area (Å²) < 4.78 is 0. The third-order valence-electron chi connectivity index (χ3n) is 4.26. The van der Waals surface area contributed by atoms with Crippen molar-refractivity contribution in [3.05, 3.63) is 101 Å². The summed E-state index contributed by atoms with van der Waals surface area (Å²) in [5.74, 6) is 5.13. The molecule has 0 heterocycles. The van der Waals surface area contributed by atoms with Crippen LogP contribution in [0.4, 0.5) is 0 Å². The maximum Gasteiger partial charge on any atom is 0.335 e. The molecule has 0 bridgehead atoms. The normalized spacial score (nSPS) is 10.4. The highest BCUT2D eigenvalue weighted by atomic mass is 16.4. The van der Waals surface area contributed by atoms with E-state index in [1.54, 1.807) is 24.3 Å². The number of hydrogen-bond acceptors (Lipinski definition) is 1. The van der Waals surface area contributed by atoms with E-state index in [2.05, 4.69) is 68.2 Å². The molecule has 0 aliphatic rings. The smallest absolute Gasteiger partial charge is 0.335 e. The highest BCUT2D eigenvalue weighted by molar-refractivity contribution is 5.87. The number of benzene rings is 3. The van der Waals surface area contributed by atoms with Crippen molar-refractivity contribution in [2.24, 2.45) is 0 Å². The fourth-order valence-electron chi connectivity index (χ4n) is 2.77. The minimum absolute atomic E-state index is 0.263. The Morgan fingerprint density at radius 2 is 1.56 bits per heavy atom. The second kappa shape index (κ2) is 8.21. The Morgan fingerprint density at radius 1 is 0.889 bits per heavy atom. The molecule has 132 valence electrons. The lowest BCUT2D eigenvalue weighted by Crippen LogP contribution is -1.94. The Kier molecular flexibility index (Phi) is 5.54. The Hall–Kier alpha value is -3.57. The van der Waals surface area contributed by atoms with Crippen LogP contribution >= 0.6 is 0 Å². The van der Waals surface area contributed by atoms with Crippen LogP contribution in [-0.2, 0) is 0 Å². The first-order valence-corrected chi connectivity index (χ1v) is 8.72. The largest absolute Gasteiger partial charge is 0.478 e. The van der Waals surface area contributed by atoms with Gasteiger partial charge in [-0.3, -0.25) is 0 Å². The minimum atomic E-state index is -0.933. The Labute approximate surface area is 159 Å². The number of aryl methyl sites for hydroxylation is 2. The van der Waals surface area contributed by atoms with E-state index in [4.69, 9.17) is 5.11 Å². The average molecular weight is 352 g/mol. The molecule has 0 unspecified atom stereocenters. The molecule has 27 heavy (non-hydrogen) atoms.